The Morgan fingerprint density at radius 2 is 0.854 bits per heavy atom. The van der Waals surface area contributed by atoms with Crippen molar-refractivity contribution in [2.45, 2.75) is 33.1 Å². The Hall–Kier alpha value is -3.91. The van der Waals surface area contributed by atoms with E-state index in [9.17, 15) is 0 Å². The molecular weight excluding hydrogens is 737 g/mol. The molecule has 0 amide bonds. The molecule has 2 aliphatic rings. The van der Waals surface area contributed by atoms with Crippen LogP contribution in [-0.2, 0) is 25.7 Å². The monoisotopic (exact) mass is 768 g/mol. The molecule has 7 heteroatoms. The average Bonchev–Trinajstić information content (AvgIpc) is 3.55. The van der Waals surface area contributed by atoms with Gasteiger partial charge in [-0.3, -0.25) is 0 Å². The van der Waals surface area contributed by atoms with Crippen molar-refractivity contribution in [3.8, 4) is 11.4 Å². The number of thiol groups is 1. The minimum absolute atomic E-state index is 0. The summed E-state index contributed by atoms with van der Waals surface area (Å²) in [6, 6.07) is 44.2. The molecule has 1 radical (unpaired) electrons. The van der Waals surface area contributed by atoms with E-state index in [0.29, 0.717) is 0 Å². The Bertz CT molecular complexity index is 2380. The average molecular weight is 770 g/mol. The van der Waals surface area contributed by atoms with Gasteiger partial charge in [-0.15, -0.1) is 0 Å². The van der Waals surface area contributed by atoms with E-state index in [2.05, 4.69) is 187 Å². The van der Waals surface area contributed by atoms with Crippen molar-refractivity contribution in [2.75, 3.05) is 0 Å². The van der Waals surface area contributed by atoms with Gasteiger partial charge in [-0.2, -0.15) is 0 Å². The molecule has 0 fully saturated rings. The molecule has 0 spiro atoms. The Labute approximate surface area is 304 Å². The van der Waals surface area contributed by atoms with Gasteiger partial charge in [0.05, 0.1) is 22.1 Å². The third-order valence-electron chi connectivity index (χ3n) is 9.49. The topological polar surface area (TPSA) is 22.2 Å². The van der Waals surface area contributed by atoms with Crippen LogP contribution in [0.5, 0.6) is 0 Å². The number of nitrogens with zero attached hydrogens (tertiary/aromatic N) is 3. The van der Waals surface area contributed by atoms with Gasteiger partial charge in [0.2, 0.25) is 0 Å². The molecule has 0 saturated carbocycles. The molecule has 3 nitrogen and oxygen atoms in total. The molecule has 0 N–H and O–H groups in total. The first kappa shape index (κ1) is 32.6. The van der Waals surface area contributed by atoms with E-state index in [1.807, 2.05) is 0 Å². The molecule has 0 unspecified atom stereocenters. The normalized spacial score (nSPS) is 12.5. The number of rotatable bonds is 2. The van der Waals surface area contributed by atoms with E-state index >= 15 is 0 Å². The van der Waals surface area contributed by atoms with Gasteiger partial charge >= 0.3 is 24.8 Å². The minimum atomic E-state index is 0. The number of aryl methyl sites for hydroxylation is 4. The van der Waals surface area contributed by atoms with Crippen LogP contribution in [0, 0.1) is 0 Å². The molecule has 0 aliphatic heterocycles. The summed E-state index contributed by atoms with van der Waals surface area (Å²) in [5.74, 6) is 0. The number of hydrogen-bond donors (Lipinski definition) is 1. The molecule has 10 rings (SSSR count). The number of aromatic nitrogens is 2. The summed E-state index contributed by atoms with van der Waals surface area (Å²) in [7, 11) is 4.34. The number of hydrogen-bond acceptors (Lipinski definition) is 2. The maximum absolute atomic E-state index is 4.34. The molecule has 0 saturated heterocycles. The first-order valence-electron chi connectivity index (χ1n) is 15.7. The summed E-state index contributed by atoms with van der Waals surface area (Å²) in [5.41, 5.74) is 13.6. The van der Waals surface area contributed by atoms with E-state index in [4.69, 9.17) is 0 Å². The van der Waals surface area contributed by atoms with Gasteiger partial charge in [-0.1, -0.05) is 87.8 Å². The fourth-order valence-electron chi connectivity index (χ4n) is 7.09. The molecule has 8 aromatic rings. The number of halogens is 2. The molecule has 0 atom stereocenters. The predicted molar refractivity (Wildman–Crippen MR) is 216 cm³/mol. The molecule has 48 heavy (non-hydrogen) atoms. The summed E-state index contributed by atoms with van der Waals surface area (Å²) >= 11 is 10.4. The van der Waals surface area contributed by atoms with E-state index in [1.54, 1.807) is 0 Å². The van der Waals surface area contributed by atoms with Crippen LogP contribution in [0.25, 0.3) is 55.0 Å². The van der Waals surface area contributed by atoms with Crippen LogP contribution in [0.2, 0.25) is 0 Å². The minimum Gasteiger partial charge on any atom is -0.309 e. The standard InChI is InChI=1S/C20H13Br2N.C20H15N.CH4.BHNS/c21-14-4-7-19-17(10-14)18-11-15(22)5-8-20(18)23(19)16-6-3-12-1-2-13(12)9-16;1-3-7-19-17(5-1)18-6-2-4-8-20(18)21(19)16-12-11-14-9-10-15(14)13-16;;1-2-3/h3-11H,1-2H2;1-8,11-13H,9-10H2;1H4;3H. The first-order valence-corrected chi connectivity index (χ1v) is 17.7. The van der Waals surface area contributed by atoms with Crippen LogP contribution in [0.3, 0.4) is 0 Å². The van der Waals surface area contributed by atoms with E-state index in [-0.39, 0.29) is 7.43 Å². The first-order chi connectivity index (χ1) is 23.0. The Morgan fingerprint density at radius 1 is 0.479 bits per heavy atom. The van der Waals surface area contributed by atoms with E-state index in [1.165, 1.54) is 103 Å². The van der Waals surface area contributed by atoms with Crippen LogP contribution >= 0.6 is 44.7 Å². The predicted octanol–water partition coefficient (Wildman–Crippen LogP) is 12.1. The molecular formula is C41H33BBr2N3S. The second kappa shape index (κ2) is 13.5. The maximum atomic E-state index is 4.34. The third-order valence-corrected chi connectivity index (χ3v) is 10.5. The summed E-state index contributed by atoms with van der Waals surface area (Å²) in [5, 5.41) is 5.21. The zero-order valence-corrected chi connectivity index (χ0v) is 29.6. The summed E-state index contributed by atoms with van der Waals surface area (Å²) in [6.07, 6.45) is 4.89. The molecule has 235 valence electrons. The van der Waals surface area contributed by atoms with E-state index < -0.39 is 0 Å². The number of benzene rings is 6. The van der Waals surface area contributed by atoms with Gasteiger partial charge in [0.15, 0.2) is 0 Å². The number of para-hydroxylation sites is 2. The van der Waals surface area contributed by atoms with Gasteiger partial charge in [0.25, 0.3) is 0 Å². The summed E-state index contributed by atoms with van der Waals surface area (Å²) in [4.78, 5) is 0. The molecule has 2 heterocycles. The second-order valence-electron chi connectivity index (χ2n) is 12.0. The van der Waals surface area contributed by atoms with Crippen molar-refractivity contribution in [1.29, 1.82) is 0 Å². The smallest absolute Gasteiger partial charge is 0.0541 e. The van der Waals surface area contributed by atoms with Crippen molar-refractivity contribution >= 4 is 95.9 Å². The molecule has 2 aliphatic carbocycles. The van der Waals surface area contributed by atoms with Crippen LogP contribution < -0.4 is 0 Å². The fourth-order valence-corrected chi connectivity index (χ4v) is 7.81. The molecule has 2 aromatic heterocycles. The summed E-state index contributed by atoms with van der Waals surface area (Å²) in [6.45, 7) is 0. The Balaban J connectivity index is 0.000000138. The van der Waals surface area contributed by atoms with Crippen molar-refractivity contribution in [3.63, 3.8) is 0 Å². The fraction of sp³-hybridized carbons (Fsp3) is 0.122. The largest absolute Gasteiger partial charge is 0.309 e. The van der Waals surface area contributed by atoms with Crippen molar-refractivity contribution < 1.29 is 0 Å². The van der Waals surface area contributed by atoms with Gasteiger partial charge in [0.1, 0.15) is 0 Å². The molecule has 6 aromatic carbocycles. The van der Waals surface area contributed by atoms with Crippen molar-refractivity contribution in [2.24, 2.45) is 4.30 Å². The second-order valence-corrected chi connectivity index (χ2v) is 14.1. The van der Waals surface area contributed by atoms with Crippen molar-refractivity contribution in [3.05, 3.63) is 153 Å². The van der Waals surface area contributed by atoms with Gasteiger partial charge < -0.3 is 9.13 Å². The van der Waals surface area contributed by atoms with Gasteiger partial charge in [-0.05, 0) is 121 Å². The van der Waals surface area contributed by atoms with Gasteiger partial charge in [0, 0.05) is 41.9 Å². The Morgan fingerprint density at radius 3 is 1.23 bits per heavy atom. The SMILES string of the molecule is Brc1ccc2c(c1)c1cc(Br)ccc1n2-c1ccc2c(c1)CC2.C.[B]=NS.c1ccc2c(c1)c1ccccc1n2-c1ccc2c(c1)CC2. The third kappa shape index (κ3) is 5.66. The summed E-state index contributed by atoms with van der Waals surface area (Å²) < 4.78 is 9.69. The van der Waals surface area contributed by atoms with E-state index in [0.717, 1.165) is 8.95 Å². The number of fused-ring (bicyclic) bond motifs is 8. The van der Waals surface area contributed by atoms with Crippen LogP contribution in [0.15, 0.2) is 135 Å². The van der Waals surface area contributed by atoms with Crippen LogP contribution in [0.1, 0.15) is 29.7 Å². The Kier molecular flexibility index (Phi) is 9.21. The quantitative estimate of drug-likeness (QED) is 0.134. The zero-order chi connectivity index (χ0) is 32.1. The molecule has 0 bridgehead atoms. The van der Waals surface area contributed by atoms with Crippen molar-refractivity contribution in [1.82, 2.24) is 9.13 Å². The zero-order valence-electron chi connectivity index (χ0n) is 25.5. The van der Waals surface area contributed by atoms with Crippen LogP contribution in [-0.4, -0.2) is 16.8 Å². The van der Waals surface area contributed by atoms with Crippen LogP contribution in [0.4, 0.5) is 0 Å². The maximum Gasteiger partial charge on any atom is 0.0541 e. The van der Waals surface area contributed by atoms with Gasteiger partial charge in [-0.25, -0.2) is 0 Å².